The van der Waals surface area contributed by atoms with Crippen LogP contribution in [-0.2, 0) is 6.42 Å². The van der Waals surface area contributed by atoms with Crippen molar-refractivity contribution in [2.24, 2.45) is 0 Å². The molecule has 1 aliphatic heterocycles. The Morgan fingerprint density at radius 2 is 2.15 bits per heavy atom. The van der Waals surface area contributed by atoms with Gasteiger partial charge in [-0.2, -0.15) is 8.78 Å². The predicted octanol–water partition coefficient (Wildman–Crippen LogP) is 2.87. The molecule has 6 heteroatoms. The van der Waals surface area contributed by atoms with Crippen LogP contribution in [0.25, 0.3) is 11.1 Å². The van der Waals surface area contributed by atoms with E-state index in [1.165, 1.54) is 12.3 Å². The number of aromatic nitrogens is 1. The van der Waals surface area contributed by atoms with Crippen molar-refractivity contribution in [3.05, 3.63) is 36.0 Å². The summed E-state index contributed by atoms with van der Waals surface area (Å²) in [6.45, 7) is -2.29. The van der Waals surface area contributed by atoms with Crippen LogP contribution in [0.1, 0.15) is 5.56 Å². The molecule has 0 saturated carbocycles. The monoisotopic (exact) mass is 278 g/mol. The molecule has 1 aromatic heterocycles. The van der Waals surface area contributed by atoms with Crippen LogP contribution in [0.15, 0.2) is 30.5 Å². The topological polar surface area (TPSA) is 57.4 Å². The number of nitrogens with zero attached hydrogens (tertiary/aromatic N) is 1. The summed E-state index contributed by atoms with van der Waals surface area (Å²) in [5, 5.41) is 0. The van der Waals surface area contributed by atoms with Crippen LogP contribution in [0, 0.1) is 0 Å². The van der Waals surface area contributed by atoms with E-state index in [1.54, 1.807) is 12.1 Å². The van der Waals surface area contributed by atoms with Crippen molar-refractivity contribution >= 4 is 5.69 Å². The standard InChI is InChI=1S/C14H12F2N2O2/c15-14(16)20-12-7-8(3-5-18-12)9-1-2-11-10(13(9)17)4-6-19-11/h1-3,5,7,14H,4,6,17H2. The number of hydrogen-bond acceptors (Lipinski definition) is 4. The quantitative estimate of drug-likeness (QED) is 0.877. The van der Waals surface area contributed by atoms with Crippen molar-refractivity contribution in [3.8, 4) is 22.8 Å². The van der Waals surface area contributed by atoms with Crippen LogP contribution in [0.4, 0.5) is 14.5 Å². The first kappa shape index (κ1) is 12.7. The summed E-state index contributed by atoms with van der Waals surface area (Å²) in [5.41, 5.74) is 9.13. The molecule has 0 aliphatic carbocycles. The number of benzene rings is 1. The molecule has 0 amide bonds. The van der Waals surface area contributed by atoms with Crippen molar-refractivity contribution < 1.29 is 18.3 Å². The average molecular weight is 278 g/mol. The van der Waals surface area contributed by atoms with E-state index < -0.39 is 6.61 Å². The van der Waals surface area contributed by atoms with Gasteiger partial charge in [-0.05, 0) is 23.8 Å². The summed E-state index contributed by atoms with van der Waals surface area (Å²) in [7, 11) is 0. The number of pyridine rings is 1. The number of nitrogen functional groups attached to an aromatic ring is 1. The average Bonchev–Trinajstić information content (AvgIpc) is 2.88. The van der Waals surface area contributed by atoms with Gasteiger partial charge in [0.25, 0.3) is 0 Å². The molecule has 4 nitrogen and oxygen atoms in total. The molecule has 104 valence electrons. The van der Waals surface area contributed by atoms with Gasteiger partial charge in [0.2, 0.25) is 5.88 Å². The molecule has 1 aromatic carbocycles. The molecule has 0 radical (unpaired) electrons. The van der Waals surface area contributed by atoms with Gasteiger partial charge in [0.05, 0.1) is 6.61 Å². The van der Waals surface area contributed by atoms with E-state index in [-0.39, 0.29) is 5.88 Å². The van der Waals surface area contributed by atoms with Crippen LogP contribution in [0.5, 0.6) is 11.6 Å². The number of nitrogens with two attached hydrogens (primary N) is 1. The summed E-state index contributed by atoms with van der Waals surface area (Å²) in [6.07, 6.45) is 2.16. The molecule has 2 aromatic rings. The first-order valence-corrected chi connectivity index (χ1v) is 6.10. The number of fused-ring (bicyclic) bond motifs is 1. The Kier molecular flexibility index (Phi) is 3.14. The highest BCUT2D eigenvalue weighted by Gasteiger charge is 2.18. The predicted molar refractivity (Wildman–Crippen MR) is 69.9 cm³/mol. The summed E-state index contributed by atoms with van der Waals surface area (Å²) < 4.78 is 34.1. The molecule has 2 heterocycles. The lowest BCUT2D eigenvalue weighted by atomic mass is 10.00. The maximum Gasteiger partial charge on any atom is 0.388 e. The van der Waals surface area contributed by atoms with Gasteiger partial charge in [0.1, 0.15) is 5.75 Å². The van der Waals surface area contributed by atoms with E-state index in [1.807, 2.05) is 6.07 Å². The first-order valence-electron chi connectivity index (χ1n) is 6.10. The third kappa shape index (κ3) is 2.24. The minimum absolute atomic E-state index is 0.131. The number of rotatable bonds is 3. The molecule has 0 fully saturated rings. The molecular weight excluding hydrogens is 266 g/mol. The molecule has 0 atom stereocenters. The van der Waals surface area contributed by atoms with Crippen LogP contribution in [0.3, 0.4) is 0 Å². The zero-order valence-electron chi connectivity index (χ0n) is 10.5. The van der Waals surface area contributed by atoms with Crippen molar-refractivity contribution in [1.82, 2.24) is 4.98 Å². The van der Waals surface area contributed by atoms with E-state index in [0.717, 1.165) is 23.3 Å². The van der Waals surface area contributed by atoms with E-state index in [0.29, 0.717) is 17.9 Å². The van der Waals surface area contributed by atoms with E-state index in [2.05, 4.69) is 9.72 Å². The van der Waals surface area contributed by atoms with Gasteiger partial charge in [0, 0.05) is 35.5 Å². The molecule has 0 bridgehead atoms. The number of halogens is 2. The van der Waals surface area contributed by atoms with Gasteiger partial charge in [-0.15, -0.1) is 0 Å². The second-order valence-electron chi connectivity index (χ2n) is 4.36. The highest BCUT2D eigenvalue weighted by Crippen LogP contribution is 2.37. The molecule has 2 N–H and O–H groups in total. The fourth-order valence-corrected chi connectivity index (χ4v) is 2.29. The van der Waals surface area contributed by atoms with Gasteiger partial charge in [0.15, 0.2) is 0 Å². The van der Waals surface area contributed by atoms with Crippen LogP contribution in [-0.4, -0.2) is 18.2 Å². The van der Waals surface area contributed by atoms with Crippen LogP contribution in [0.2, 0.25) is 0 Å². The minimum atomic E-state index is -2.90. The maximum atomic E-state index is 12.2. The van der Waals surface area contributed by atoms with Crippen molar-refractivity contribution in [2.45, 2.75) is 13.0 Å². The summed E-state index contributed by atoms with van der Waals surface area (Å²) >= 11 is 0. The highest BCUT2D eigenvalue weighted by molar-refractivity contribution is 5.81. The molecule has 3 rings (SSSR count). The Hall–Kier alpha value is -2.37. The Morgan fingerprint density at radius 3 is 2.95 bits per heavy atom. The lowest BCUT2D eigenvalue weighted by molar-refractivity contribution is -0.0528. The van der Waals surface area contributed by atoms with Gasteiger partial charge in [-0.25, -0.2) is 4.98 Å². The molecule has 0 unspecified atom stereocenters. The molecular formula is C14H12F2N2O2. The zero-order valence-corrected chi connectivity index (χ0v) is 10.5. The van der Waals surface area contributed by atoms with Crippen LogP contribution < -0.4 is 15.2 Å². The number of anilines is 1. The second-order valence-corrected chi connectivity index (χ2v) is 4.36. The number of hydrogen-bond donors (Lipinski definition) is 1. The third-order valence-electron chi connectivity index (χ3n) is 3.18. The van der Waals surface area contributed by atoms with Crippen molar-refractivity contribution in [1.29, 1.82) is 0 Å². The van der Waals surface area contributed by atoms with Gasteiger partial charge < -0.3 is 15.2 Å². The number of ether oxygens (including phenoxy) is 2. The lowest BCUT2D eigenvalue weighted by Gasteiger charge is -2.11. The van der Waals surface area contributed by atoms with E-state index in [4.69, 9.17) is 10.5 Å². The summed E-state index contributed by atoms with van der Waals surface area (Å²) in [5.74, 6) is 0.651. The Morgan fingerprint density at radius 1 is 1.30 bits per heavy atom. The fourth-order valence-electron chi connectivity index (χ4n) is 2.29. The normalized spacial score (nSPS) is 13.2. The molecule has 0 spiro atoms. The molecule has 20 heavy (non-hydrogen) atoms. The Balaban J connectivity index is 2.01. The molecule has 0 saturated heterocycles. The SMILES string of the molecule is Nc1c(-c2ccnc(OC(F)F)c2)ccc2c1CCO2. The lowest BCUT2D eigenvalue weighted by Crippen LogP contribution is -2.03. The zero-order chi connectivity index (χ0) is 14.1. The molecule has 1 aliphatic rings. The van der Waals surface area contributed by atoms with Gasteiger partial charge in [-0.1, -0.05) is 0 Å². The Bertz CT molecular complexity index is 647. The van der Waals surface area contributed by atoms with Crippen molar-refractivity contribution in [2.75, 3.05) is 12.3 Å². The van der Waals surface area contributed by atoms with Gasteiger partial charge >= 0.3 is 6.61 Å². The Labute approximate surface area is 114 Å². The van der Waals surface area contributed by atoms with Crippen LogP contribution >= 0.6 is 0 Å². The maximum absolute atomic E-state index is 12.2. The largest absolute Gasteiger partial charge is 0.493 e. The van der Waals surface area contributed by atoms with Crippen molar-refractivity contribution in [3.63, 3.8) is 0 Å². The second kappa shape index (κ2) is 4.96. The first-order chi connectivity index (χ1) is 9.65. The highest BCUT2D eigenvalue weighted by atomic mass is 19.3. The van der Waals surface area contributed by atoms with E-state index in [9.17, 15) is 8.78 Å². The summed E-state index contributed by atoms with van der Waals surface area (Å²) in [4.78, 5) is 3.74. The smallest absolute Gasteiger partial charge is 0.388 e. The third-order valence-corrected chi connectivity index (χ3v) is 3.18. The fraction of sp³-hybridized carbons (Fsp3) is 0.214. The van der Waals surface area contributed by atoms with E-state index >= 15 is 0 Å². The number of alkyl halides is 2. The minimum Gasteiger partial charge on any atom is -0.493 e. The van der Waals surface area contributed by atoms with Gasteiger partial charge in [-0.3, -0.25) is 0 Å². The summed E-state index contributed by atoms with van der Waals surface area (Å²) in [6, 6.07) is 6.79.